The van der Waals surface area contributed by atoms with E-state index in [1.54, 1.807) is 6.92 Å². The Hall–Kier alpha value is -2.25. The Balaban J connectivity index is 2.19. The van der Waals surface area contributed by atoms with Gasteiger partial charge in [-0.2, -0.15) is 0 Å². The van der Waals surface area contributed by atoms with Crippen molar-refractivity contribution in [2.24, 2.45) is 5.92 Å². The molecule has 0 fully saturated rings. The number of urea groups is 1. The highest BCUT2D eigenvalue weighted by Gasteiger charge is 2.31. The van der Waals surface area contributed by atoms with Crippen molar-refractivity contribution in [1.82, 2.24) is 10.2 Å². The van der Waals surface area contributed by atoms with Gasteiger partial charge in [-0.15, -0.1) is 0 Å². The quantitative estimate of drug-likeness (QED) is 0.187. The lowest BCUT2D eigenvalue weighted by molar-refractivity contribution is -0.154. The number of unbranched alkanes of at least 4 members (excludes halogenated alkanes) is 1. The molecular formula is C28H38BrN2O5P. The third-order valence-electron chi connectivity index (χ3n) is 5.54. The zero-order valence-electron chi connectivity index (χ0n) is 22.1. The number of amides is 2. The number of aryl methyl sites for hydroxylation is 1. The van der Waals surface area contributed by atoms with Crippen molar-refractivity contribution in [1.29, 1.82) is 0 Å². The van der Waals surface area contributed by atoms with Gasteiger partial charge in [0.25, 0.3) is 0 Å². The minimum Gasteiger partial charge on any atom is -0.627 e. The summed E-state index contributed by atoms with van der Waals surface area (Å²) in [6.45, 7) is 6.32. The Morgan fingerprint density at radius 2 is 1.78 bits per heavy atom. The summed E-state index contributed by atoms with van der Waals surface area (Å²) in [6, 6.07) is 16.3. The van der Waals surface area contributed by atoms with Crippen LogP contribution in [-0.4, -0.2) is 55.0 Å². The van der Waals surface area contributed by atoms with Gasteiger partial charge in [-0.3, -0.25) is 4.74 Å². The average Bonchev–Trinajstić information content (AvgIpc) is 2.88. The zero-order chi connectivity index (χ0) is 27.2. The van der Waals surface area contributed by atoms with Gasteiger partial charge < -0.3 is 14.9 Å². The molecule has 0 heterocycles. The predicted octanol–water partition coefficient (Wildman–Crippen LogP) is 5.10. The van der Waals surface area contributed by atoms with Crippen molar-refractivity contribution in [3.8, 4) is 0 Å². The number of hydrogen-bond acceptors (Lipinski definition) is 5. The van der Waals surface area contributed by atoms with Crippen LogP contribution in [0.25, 0.3) is 0 Å². The normalized spacial score (nSPS) is 12.6. The molecule has 0 radical (unpaired) electrons. The molecule has 37 heavy (non-hydrogen) atoms. The minimum atomic E-state index is -1.94. The van der Waals surface area contributed by atoms with Gasteiger partial charge in [0, 0.05) is 17.4 Å². The molecule has 0 aliphatic rings. The van der Waals surface area contributed by atoms with E-state index in [-0.39, 0.29) is 24.5 Å². The standard InChI is InChI=1S/C28H38BrN2O5P/c1-5-36-28(37(34)17-10-9-14-22-12-7-6-8-13-22)31(20-21(2)3)27(33)30-25(26(32)35-4)19-23-15-11-16-24(29)18-23/h6-8,11-13,15-16,18,21,25H,5,9-10,14,17,19-20H2,1-4H3,(H,30,33)/t25-/m0/s1. The maximum Gasteiger partial charge on any atom is 0.328 e. The highest BCUT2D eigenvalue weighted by Crippen LogP contribution is 2.22. The van der Waals surface area contributed by atoms with Crippen molar-refractivity contribution in [2.45, 2.75) is 52.5 Å². The SMILES string of the molecule is CCOC(N(CC(C)C)C(=O)N[C@@H](Cc1cccc(Br)c1)C(=O)OC)=[P+]([O-])CCCCc1ccccc1. The number of carbonyl (C=O) groups is 2. The molecule has 0 spiro atoms. The van der Waals surface area contributed by atoms with Crippen molar-refractivity contribution in [3.05, 3.63) is 70.2 Å². The Morgan fingerprint density at radius 3 is 2.41 bits per heavy atom. The summed E-state index contributed by atoms with van der Waals surface area (Å²) in [5, 5.41) is 2.79. The van der Waals surface area contributed by atoms with Crippen LogP contribution in [0.1, 0.15) is 44.7 Å². The van der Waals surface area contributed by atoms with E-state index in [1.165, 1.54) is 17.6 Å². The van der Waals surface area contributed by atoms with Crippen LogP contribution in [0.2, 0.25) is 0 Å². The van der Waals surface area contributed by atoms with Gasteiger partial charge in [0.05, 0.1) is 13.7 Å². The molecule has 0 saturated heterocycles. The highest BCUT2D eigenvalue weighted by atomic mass is 79.9. The van der Waals surface area contributed by atoms with E-state index in [0.29, 0.717) is 12.7 Å². The number of methoxy groups -OCH3 is 1. The Labute approximate surface area is 230 Å². The summed E-state index contributed by atoms with van der Waals surface area (Å²) in [5.74, 6) is -0.467. The number of nitrogens with one attached hydrogen (secondary N) is 1. The Kier molecular flexibility index (Phi) is 13.9. The molecule has 1 N–H and O–H groups in total. The number of benzene rings is 2. The number of esters is 1. The van der Waals surface area contributed by atoms with Gasteiger partial charge in [-0.05, 0) is 55.4 Å². The van der Waals surface area contributed by atoms with Crippen LogP contribution < -0.4 is 10.2 Å². The van der Waals surface area contributed by atoms with Crippen LogP contribution >= 0.6 is 23.7 Å². The van der Waals surface area contributed by atoms with E-state index in [2.05, 4.69) is 33.4 Å². The molecule has 2 aromatic carbocycles. The fraction of sp³-hybridized carbons (Fsp3) is 0.464. The average molecular weight is 593 g/mol. The molecule has 2 amide bonds. The summed E-state index contributed by atoms with van der Waals surface area (Å²) in [4.78, 5) is 40.7. The van der Waals surface area contributed by atoms with E-state index >= 15 is 0 Å². The van der Waals surface area contributed by atoms with Gasteiger partial charge >= 0.3 is 17.6 Å². The second-order valence-corrected chi connectivity index (χ2v) is 11.6. The molecular weight excluding hydrogens is 555 g/mol. The van der Waals surface area contributed by atoms with E-state index in [1.807, 2.05) is 56.3 Å². The van der Waals surface area contributed by atoms with Crippen LogP contribution in [0.15, 0.2) is 59.1 Å². The first-order chi connectivity index (χ1) is 17.7. The molecule has 202 valence electrons. The van der Waals surface area contributed by atoms with Crippen LogP contribution in [0.3, 0.4) is 0 Å². The molecule has 0 aliphatic heterocycles. The third kappa shape index (κ3) is 10.9. The minimum absolute atomic E-state index is 0.0874. The van der Waals surface area contributed by atoms with Gasteiger partial charge in [-0.25, -0.2) is 14.5 Å². The summed E-state index contributed by atoms with van der Waals surface area (Å²) in [6.07, 6.45) is 3.20. The summed E-state index contributed by atoms with van der Waals surface area (Å²) < 4.78 is 11.6. The number of hydrogen-bond donors (Lipinski definition) is 1. The van der Waals surface area contributed by atoms with Crippen LogP contribution in [-0.2, 0) is 27.1 Å². The summed E-state index contributed by atoms with van der Waals surface area (Å²) in [5.41, 5.74) is 2.26. The lowest BCUT2D eigenvalue weighted by Gasteiger charge is -2.27. The maximum atomic E-state index is 13.5. The van der Waals surface area contributed by atoms with E-state index in [0.717, 1.165) is 29.3 Å². The second-order valence-electron chi connectivity index (χ2n) is 9.12. The second kappa shape index (κ2) is 16.6. The molecule has 2 aromatic rings. The summed E-state index contributed by atoms with van der Waals surface area (Å²) in [7, 11) is -0.652. The maximum absolute atomic E-state index is 13.5. The molecule has 0 aromatic heterocycles. The first-order valence-electron chi connectivity index (χ1n) is 12.6. The van der Waals surface area contributed by atoms with Crippen molar-refractivity contribution >= 4 is 41.3 Å². The van der Waals surface area contributed by atoms with Crippen LogP contribution in [0.5, 0.6) is 0 Å². The molecule has 9 heteroatoms. The van der Waals surface area contributed by atoms with Crippen molar-refractivity contribution < 1.29 is 24.0 Å². The van der Waals surface area contributed by atoms with E-state index in [4.69, 9.17) is 9.47 Å². The number of ether oxygens (including phenoxy) is 2. The molecule has 2 atom stereocenters. The summed E-state index contributed by atoms with van der Waals surface area (Å²) >= 11 is 3.43. The van der Waals surface area contributed by atoms with Crippen LogP contribution in [0, 0.1) is 5.92 Å². The molecule has 0 bridgehead atoms. The zero-order valence-corrected chi connectivity index (χ0v) is 24.6. The highest BCUT2D eigenvalue weighted by molar-refractivity contribution is 9.10. The molecule has 7 nitrogen and oxygen atoms in total. The molecule has 0 aliphatic carbocycles. The van der Waals surface area contributed by atoms with Crippen molar-refractivity contribution in [3.63, 3.8) is 0 Å². The van der Waals surface area contributed by atoms with E-state index in [9.17, 15) is 14.5 Å². The van der Waals surface area contributed by atoms with Crippen LogP contribution in [0.4, 0.5) is 4.79 Å². The Morgan fingerprint density at radius 1 is 1.08 bits per heavy atom. The fourth-order valence-electron chi connectivity index (χ4n) is 3.81. The fourth-order valence-corrected chi connectivity index (χ4v) is 5.68. The predicted molar refractivity (Wildman–Crippen MR) is 152 cm³/mol. The number of nitrogens with zero attached hydrogens (tertiary/aromatic N) is 1. The van der Waals surface area contributed by atoms with Gasteiger partial charge in [-0.1, -0.05) is 72.2 Å². The largest absolute Gasteiger partial charge is 0.627 e. The smallest absolute Gasteiger partial charge is 0.328 e. The Bertz CT molecular complexity index is 1030. The number of carbonyl (C=O) groups excluding carboxylic acids is 2. The van der Waals surface area contributed by atoms with E-state index < -0.39 is 25.8 Å². The number of halogens is 1. The molecule has 2 rings (SSSR count). The first-order valence-corrected chi connectivity index (χ1v) is 14.9. The molecule has 1 unspecified atom stereocenters. The lowest BCUT2D eigenvalue weighted by atomic mass is 10.1. The topological polar surface area (TPSA) is 90.9 Å². The first kappa shape index (κ1) is 31.0. The third-order valence-corrected chi connectivity index (χ3v) is 7.56. The van der Waals surface area contributed by atoms with Gasteiger partial charge in [0.2, 0.25) is 0 Å². The number of rotatable bonds is 14. The monoisotopic (exact) mass is 592 g/mol. The molecule has 0 saturated carbocycles. The lowest BCUT2D eigenvalue weighted by Crippen LogP contribution is -2.52. The van der Waals surface area contributed by atoms with Gasteiger partial charge in [0.15, 0.2) is 0 Å². The van der Waals surface area contributed by atoms with Crippen molar-refractivity contribution in [2.75, 3.05) is 26.4 Å². The van der Waals surface area contributed by atoms with Gasteiger partial charge in [0.1, 0.15) is 20.0 Å².